The van der Waals surface area contributed by atoms with Gasteiger partial charge < -0.3 is 0 Å². The molecule has 3 heteroatoms. The van der Waals surface area contributed by atoms with E-state index in [1.165, 1.54) is 0 Å². The summed E-state index contributed by atoms with van der Waals surface area (Å²) in [5, 5.41) is 0.752. The van der Waals surface area contributed by atoms with Gasteiger partial charge in [-0.3, -0.25) is 9.59 Å². The van der Waals surface area contributed by atoms with Crippen LogP contribution in [0.15, 0.2) is 24.3 Å². The van der Waals surface area contributed by atoms with Crippen molar-refractivity contribution < 1.29 is 9.59 Å². The quantitative estimate of drug-likeness (QED) is 0.634. The number of rotatable bonds is 3. The lowest BCUT2D eigenvalue weighted by Crippen LogP contribution is -2.32. The van der Waals surface area contributed by atoms with Crippen molar-refractivity contribution in [2.45, 2.75) is 31.5 Å². The first-order valence-corrected chi connectivity index (χ1v) is 6.89. The maximum atomic E-state index is 11.9. The molecule has 0 aromatic heterocycles. The summed E-state index contributed by atoms with van der Waals surface area (Å²) in [6.07, 6.45) is 1.35. The Labute approximate surface area is 110 Å². The molecule has 1 aliphatic rings. The van der Waals surface area contributed by atoms with E-state index >= 15 is 0 Å². The third-order valence-electron chi connectivity index (χ3n) is 3.62. The van der Waals surface area contributed by atoms with Gasteiger partial charge in [0.1, 0.15) is 11.6 Å². The lowest BCUT2D eigenvalue weighted by molar-refractivity contribution is -0.133. The highest BCUT2D eigenvalue weighted by Gasteiger charge is 2.45. The molecule has 1 aromatic carbocycles. The number of ketones is 2. The van der Waals surface area contributed by atoms with Crippen LogP contribution in [-0.2, 0) is 21.3 Å². The van der Waals surface area contributed by atoms with Crippen LogP contribution < -0.4 is 0 Å². The first-order valence-electron chi connectivity index (χ1n) is 5.77. The highest BCUT2D eigenvalue weighted by molar-refractivity contribution is 9.08. The molecule has 2 nitrogen and oxygen atoms in total. The molecule has 1 fully saturated rings. The maximum absolute atomic E-state index is 11.9. The summed E-state index contributed by atoms with van der Waals surface area (Å²) < 4.78 is 0. The number of alkyl halides is 1. The minimum Gasteiger partial charge on any atom is -0.299 e. The van der Waals surface area contributed by atoms with Gasteiger partial charge >= 0.3 is 0 Å². The van der Waals surface area contributed by atoms with Gasteiger partial charge in [-0.2, -0.15) is 0 Å². The predicted molar refractivity (Wildman–Crippen MR) is 70.1 cm³/mol. The molecule has 90 valence electrons. The summed E-state index contributed by atoms with van der Waals surface area (Å²) in [5.41, 5.74) is 1.45. The Morgan fingerprint density at radius 3 is 2.18 bits per heavy atom. The third kappa shape index (κ3) is 2.21. The lowest BCUT2D eigenvalue weighted by Gasteiger charge is -2.21. The number of Topliss-reactive ketones (excluding diaryl/α,β-unsaturated/α-hetero) is 2. The number of hydrogen-bond acceptors (Lipinski definition) is 2. The van der Waals surface area contributed by atoms with E-state index in [0.717, 1.165) is 16.5 Å². The Morgan fingerprint density at radius 1 is 1.12 bits per heavy atom. The maximum Gasteiger partial charge on any atom is 0.146 e. The van der Waals surface area contributed by atoms with E-state index in [1.807, 2.05) is 24.3 Å². The average molecular weight is 295 g/mol. The van der Waals surface area contributed by atoms with Crippen LogP contribution in [0.5, 0.6) is 0 Å². The molecule has 0 spiro atoms. The zero-order chi connectivity index (χ0) is 12.5. The van der Waals surface area contributed by atoms with Crippen molar-refractivity contribution in [3.05, 3.63) is 35.4 Å². The molecule has 0 unspecified atom stereocenters. The molecule has 0 N–H and O–H groups in total. The normalized spacial score (nSPS) is 18.7. The summed E-state index contributed by atoms with van der Waals surface area (Å²) in [7, 11) is 0. The first-order chi connectivity index (χ1) is 8.08. The molecule has 1 saturated carbocycles. The summed E-state index contributed by atoms with van der Waals surface area (Å²) in [6, 6.07) is 7.95. The fraction of sp³-hybridized carbons (Fsp3) is 0.429. The number of benzene rings is 1. The van der Waals surface area contributed by atoms with Crippen molar-refractivity contribution in [1.29, 1.82) is 0 Å². The SMILES string of the molecule is CC1(Cc2ccccc2CBr)C(=O)CCC1=O. The summed E-state index contributed by atoms with van der Waals surface area (Å²) in [6.45, 7) is 1.79. The van der Waals surface area contributed by atoms with E-state index in [-0.39, 0.29) is 11.6 Å². The van der Waals surface area contributed by atoms with Gasteiger partial charge in [-0.15, -0.1) is 0 Å². The van der Waals surface area contributed by atoms with Crippen LogP contribution in [0.3, 0.4) is 0 Å². The Kier molecular flexibility index (Phi) is 3.48. The summed E-state index contributed by atoms with van der Waals surface area (Å²) in [4.78, 5) is 23.8. The second-order valence-electron chi connectivity index (χ2n) is 4.76. The highest BCUT2D eigenvalue weighted by Crippen LogP contribution is 2.35. The van der Waals surface area contributed by atoms with Crippen LogP contribution >= 0.6 is 15.9 Å². The summed E-state index contributed by atoms with van der Waals surface area (Å²) in [5.74, 6) is 0.179. The van der Waals surface area contributed by atoms with Crippen molar-refractivity contribution in [2.24, 2.45) is 5.41 Å². The Hall–Kier alpha value is -0.960. The summed E-state index contributed by atoms with van der Waals surface area (Å²) >= 11 is 3.44. The largest absolute Gasteiger partial charge is 0.299 e. The van der Waals surface area contributed by atoms with Crippen molar-refractivity contribution in [3.63, 3.8) is 0 Å². The fourth-order valence-corrected chi connectivity index (χ4v) is 2.92. The monoisotopic (exact) mass is 294 g/mol. The number of halogens is 1. The van der Waals surface area contributed by atoms with Gasteiger partial charge in [0, 0.05) is 18.2 Å². The van der Waals surface area contributed by atoms with Crippen molar-refractivity contribution in [1.82, 2.24) is 0 Å². The number of hydrogen-bond donors (Lipinski definition) is 0. The lowest BCUT2D eigenvalue weighted by atomic mass is 9.79. The zero-order valence-electron chi connectivity index (χ0n) is 9.83. The molecule has 2 rings (SSSR count). The van der Waals surface area contributed by atoms with E-state index in [2.05, 4.69) is 15.9 Å². The number of carbonyl (C=O) groups excluding carboxylic acids is 2. The molecule has 0 aliphatic heterocycles. The first kappa shape index (κ1) is 12.5. The Balaban J connectivity index is 2.31. The molecule has 0 saturated heterocycles. The third-order valence-corrected chi connectivity index (χ3v) is 4.22. The van der Waals surface area contributed by atoms with Gasteiger partial charge in [-0.25, -0.2) is 0 Å². The molecular formula is C14H15BrO2. The second kappa shape index (κ2) is 4.73. The van der Waals surface area contributed by atoms with E-state index in [9.17, 15) is 9.59 Å². The minimum atomic E-state index is -0.793. The molecule has 1 aromatic rings. The van der Waals surface area contributed by atoms with Crippen LogP contribution in [0, 0.1) is 5.41 Å². The Bertz CT molecular complexity index is 449. The van der Waals surface area contributed by atoms with E-state index in [0.29, 0.717) is 19.3 Å². The van der Waals surface area contributed by atoms with Crippen LogP contribution in [0.1, 0.15) is 30.9 Å². The van der Waals surface area contributed by atoms with Gasteiger partial charge in [0.15, 0.2) is 0 Å². The molecule has 17 heavy (non-hydrogen) atoms. The molecule has 0 amide bonds. The topological polar surface area (TPSA) is 34.1 Å². The molecule has 0 bridgehead atoms. The fourth-order valence-electron chi connectivity index (χ4n) is 2.37. The molecule has 0 heterocycles. The standard InChI is InChI=1S/C14H15BrO2/c1-14(12(16)6-7-13(14)17)8-10-4-2-3-5-11(10)9-15/h2-5H,6-9H2,1H3. The Morgan fingerprint density at radius 2 is 1.65 bits per heavy atom. The van der Waals surface area contributed by atoms with Crippen LogP contribution in [0.2, 0.25) is 0 Å². The van der Waals surface area contributed by atoms with Crippen LogP contribution in [-0.4, -0.2) is 11.6 Å². The van der Waals surface area contributed by atoms with Crippen molar-refractivity contribution in [2.75, 3.05) is 0 Å². The van der Waals surface area contributed by atoms with Crippen molar-refractivity contribution in [3.8, 4) is 0 Å². The van der Waals surface area contributed by atoms with E-state index in [4.69, 9.17) is 0 Å². The van der Waals surface area contributed by atoms with Gasteiger partial charge in [0.2, 0.25) is 0 Å². The zero-order valence-corrected chi connectivity index (χ0v) is 11.4. The van der Waals surface area contributed by atoms with Gasteiger partial charge in [0.05, 0.1) is 5.41 Å². The minimum absolute atomic E-state index is 0.0897. The second-order valence-corrected chi connectivity index (χ2v) is 5.32. The van der Waals surface area contributed by atoms with Gasteiger partial charge in [-0.1, -0.05) is 40.2 Å². The molecular weight excluding hydrogens is 280 g/mol. The van der Waals surface area contributed by atoms with E-state index in [1.54, 1.807) is 6.92 Å². The highest BCUT2D eigenvalue weighted by atomic mass is 79.9. The van der Waals surface area contributed by atoms with Crippen LogP contribution in [0.25, 0.3) is 0 Å². The molecule has 1 aliphatic carbocycles. The van der Waals surface area contributed by atoms with Crippen LogP contribution in [0.4, 0.5) is 0 Å². The van der Waals surface area contributed by atoms with Gasteiger partial charge in [-0.05, 0) is 24.5 Å². The predicted octanol–water partition coefficient (Wildman–Crippen LogP) is 3.06. The number of carbonyl (C=O) groups is 2. The van der Waals surface area contributed by atoms with Crippen molar-refractivity contribution >= 4 is 27.5 Å². The average Bonchev–Trinajstić information content (AvgIpc) is 2.58. The van der Waals surface area contributed by atoms with Gasteiger partial charge in [0.25, 0.3) is 0 Å². The molecule has 0 radical (unpaired) electrons. The molecule has 0 atom stereocenters. The smallest absolute Gasteiger partial charge is 0.146 e. The van der Waals surface area contributed by atoms with E-state index < -0.39 is 5.41 Å².